The molecule has 16 heavy (non-hydrogen) atoms. The van der Waals surface area contributed by atoms with E-state index in [0.29, 0.717) is 6.04 Å². The second-order valence-electron chi connectivity index (χ2n) is 6.59. The summed E-state index contributed by atoms with van der Waals surface area (Å²) in [7, 11) is 0. The van der Waals surface area contributed by atoms with Gasteiger partial charge in [-0.2, -0.15) is 0 Å². The van der Waals surface area contributed by atoms with Crippen molar-refractivity contribution in [2.75, 3.05) is 6.54 Å². The van der Waals surface area contributed by atoms with Gasteiger partial charge >= 0.3 is 0 Å². The van der Waals surface area contributed by atoms with Crippen LogP contribution in [-0.4, -0.2) is 12.6 Å². The largest absolute Gasteiger partial charge is 0.314 e. The van der Waals surface area contributed by atoms with Crippen molar-refractivity contribution >= 4 is 0 Å². The first-order chi connectivity index (χ1) is 7.32. The molecule has 0 saturated heterocycles. The van der Waals surface area contributed by atoms with Crippen LogP contribution in [0.15, 0.2) is 0 Å². The van der Waals surface area contributed by atoms with E-state index >= 15 is 0 Å². The van der Waals surface area contributed by atoms with Crippen molar-refractivity contribution in [1.82, 2.24) is 5.32 Å². The predicted molar refractivity (Wildman–Crippen MR) is 74.7 cm³/mol. The monoisotopic (exact) mass is 227 g/mol. The molecule has 1 atom stereocenters. The Balaban J connectivity index is 4.00. The zero-order valence-electron chi connectivity index (χ0n) is 12.5. The Bertz CT molecular complexity index is 151. The molecule has 0 aliphatic rings. The molecule has 0 bridgehead atoms. The number of nitrogens with one attached hydrogen (secondary N) is 1. The van der Waals surface area contributed by atoms with E-state index in [1.165, 1.54) is 19.4 Å². The summed E-state index contributed by atoms with van der Waals surface area (Å²) in [6.45, 7) is 17.4. The molecule has 0 aromatic rings. The summed E-state index contributed by atoms with van der Waals surface area (Å²) in [4.78, 5) is 0. The Kier molecular flexibility index (Phi) is 8.09. The highest BCUT2D eigenvalue weighted by Crippen LogP contribution is 2.15. The molecule has 0 aromatic carbocycles. The first-order valence-corrected chi connectivity index (χ1v) is 7.06. The maximum absolute atomic E-state index is 3.76. The van der Waals surface area contributed by atoms with Gasteiger partial charge in [0.2, 0.25) is 0 Å². The fourth-order valence-corrected chi connectivity index (χ4v) is 1.99. The first kappa shape index (κ1) is 16.0. The molecular weight excluding hydrogens is 194 g/mol. The molecule has 0 heterocycles. The van der Waals surface area contributed by atoms with Gasteiger partial charge < -0.3 is 5.32 Å². The highest BCUT2D eigenvalue weighted by Gasteiger charge is 2.14. The first-order valence-electron chi connectivity index (χ1n) is 7.06. The number of rotatable bonds is 8. The van der Waals surface area contributed by atoms with Crippen LogP contribution in [-0.2, 0) is 0 Å². The van der Waals surface area contributed by atoms with Crippen LogP contribution in [0, 0.1) is 23.7 Å². The Labute approximate surface area is 103 Å². The molecule has 0 radical (unpaired) electrons. The quantitative estimate of drug-likeness (QED) is 0.651. The zero-order valence-corrected chi connectivity index (χ0v) is 12.5. The summed E-state index contributed by atoms with van der Waals surface area (Å²) in [6.07, 6.45) is 2.62. The van der Waals surface area contributed by atoms with Crippen molar-refractivity contribution in [3.05, 3.63) is 0 Å². The Hall–Kier alpha value is -0.0400. The molecule has 1 nitrogen and oxygen atoms in total. The molecule has 98 valence electrons. The molecule has 0 rings (SSSR count). The van der Waals surface area contributed by atoms with Crippen LogP contribution in [0.2, 0.25) is 0 Å². The minimum Gasteiger partial charge on any atom is -0.314 e. The molecular formula is C15H33N. The van der Waals surface area contributed by atoms with Crippen LogP contribution in [0.1, 0.15) is 61.3 Å². The third-order valence-corrected chi connectivity index (χ3v) is 3.38. The van der Waals surface area contributed by atoms with Crippen molar-refractivity contribution in [3.8, 4) is 0 Å². The molecule has 0 saturated carbocycles. The van der Waals surface area contributed by atoms with E-state index in [-0.39, 0.29) is 0 Å². The average Bonchev–Trinajstić information content (AvgIpc) is 2.11. The van der Waals surface area contributed by atoms with Gasteiger partial charge in [-0.25, -0.2) is 0 Å². The topological polar surface area (TPSA) is 12.0 Å². The molecule has 0 aliphatic carbocycles. The minimum atomic E-state index is 0.709. The summed E-state index contributed by atoms with van der Waals surface area (Å²) in [5.74, 6) is 3.16. The van der Waals surface area contributed by atoms with Crippen molar-refractivity contribution in [2.45, 2.75) is 67.3 Å². The molecule has 0 aliphatic heterocycles. The van der Waals surface area contributed by atoms with Crippen LogP contribution in [0.5, 0.6) is 0 Å². The van der Waals surface area contributed by atoms with Gasteiger partial charge in [0.1, 0.15) is 0 Å². The van der Waals surface area contributed by atoms with E-state index in [1.54, 1.807) is 0 Å². The zero-order chi connectivity index (χ0) is 12.7. The van der Waals surface area contributed by atoms with Gasteiger partial charge in [-0.1, -0.05) is 48.5 Å². The van der Waals surface area contributed by atoms with E-state index < -0.39 is 0 Å². The summed E-state index contributed by atoms with van der Waals surface area (Å²) in [5.41, 5.74) is 0. The molecule has 0 aromatic heterocycles. The SMILES string of the molecule is CC(C)CC(CC(C)C)NCC(C)C(C)C. The van der Waals surface area contributed by atoms with Crippen LogP contribution in [0.4, 0.5) is 0 Å². The van der Waals surface area contributed by atoms with Crippen molar-refractivity contribution in [2.24, 2.45) is 23.7 Å². The molecule has 1 unspecified atom stereocenters. The highest BCUT2D eigenvalue weighted by molar-refractivity contribution is 4.72. The molecule has 1 N–H and O–H groups in total. The molecule has 0 amide bonds. The van der Waals surface area contributed by atoms with Crippen LogP contribution in [0.3, 0.4) is 0 Å². The van der Waals surface area contributed by atoms with Gasteiger partial charge in [-0.3, -0.25) is 0 Å². The standard InChI is InChI=1S/C15H33N/c1-11(2)8-15(9-12(3)4)16-10-14(7)13(5)6/h11-16H,8-10H2,1-7H3. The predicted octanol–water partition coefficient (Wildman–Crippen LogP) is 4.33. The van der Waals surface area contributed by atoms with Crippen LogP contribution < -0.4 is 5.32 Å². The smallest absolute Gasteiger partial charge is 0.00720 e. The van der Waals surface area contributed by atoms with Gasteiger partial charge in [0.05, 0.1) is 0 Å². The third kappa shape index (κ3) is 8.15. The number of hydrogen-bond donors (Lipinski definition) is 1. The Morgan fingerprint density at radius 1 is 0.750 bits per heavy atom. The summed E-state index contributed by atoms with van der Waals surface area (Å²) in [6, 6.07) is 0.709. The lowest BCUT2D eigenvalue weighted by Gasteiger charge is -2.25. The summed E-state index contributed by atoms with van der Waals surface area (Å²) < 4.78 is 0. The normalized spacial score (nSPS) is 14.4. The lowest BCUT2D eigenvalue weighted by molar-refractivity contribution is 0.314. The third-order valence-electron chi connectivity index (χ3n) is 3.38. The van der Waals surface area contributed by atoms with E-state index in [1.807, 2.05) is 0 Å². The second kappa shape index (κ2) is 8.11. The summed E-state index contributed by atoms with van der Waals surface area (Å²) >= 11 is 0. The van der Waals surface area contributed by atoms with Crippen molar-refractivity contribution in [1.29, 1.82) is 0 Å². The Morgan fingerprint density at radius 3 is 1.50 bits per heavy atom. The maximum Gasteiger partial charge on any atom is 0.00720 e. The number of hydrogen-bond acceptors (Lipinski definition) is 1. The molecule has 0 fully saturated rings. The fourth-order valence-electron chi connectivity index (χ4n) is 1.99. The minimum absolute atomic E-state index is 0.709. The van der Waals surface area contributed by atoms with Crippen LogP contribution in [0.25, 0.3) is 0 Å². The lowest BCUT2D eigenvalue weighted by atomic mass is 9.93. The highest BCUT2D eigenvalue weighted by atomic mass is 14.9. The van der Waals surface area contributed by atoms with Gasteiger partial charge in [0, 0.05) is 6.04 Å². The molecule has 1 heteroatoms. The lowest BCUT2D eigenvalue weighted by Crippen LogP contribution is -2.36. The molecule has 0 spiro atoms. The van der Waals surface area contributed by atoms with E-state index in [4.69, 9.17) is 0 Å². The summed E-state index contributed by atoms with van der Waals surface area (Å²) in [5, 5.41) is 3.76. The second-order valence-corrected chi connectivity index (χ2v) is 6.59. The Morgan fingerprint density at radius 2 is 1.19 bits per heavy atom. The van der Waals surface area contributed by atoms with Crippen molar-refractivity contribution < 1.29 is 0 Å². The van der Waals surface area contributed by atoms with Gasteiger partial charge in [-0.15, -0.1) is 0 Å². The van der Waals surface area contributed by atoms with Crippen molar-refractivity contribution in [3.63, 3.8) is 0 Å². The van der Waals surface area contributed by atoms with Gasteiger partial charge in [0.25, 0.3) is 0 Å². The van der Waals surface area contributed by atoms with E-state index in [0.717, 1.165) is 23.7 Å². The fraction of sp³-hybridized carbons (Fsp3) is 1.00. The maximum atomic E-state index is 3.76. The average molecular weight is 227 g/mol. The van der Waals surface area contributed by atoms with Crippen LogP contribution >= 0.6 is 0 Å². The van der Waals surface area contributed by atoms with E-state index in [9.17, 15) is 0 Å². The van der Waals surface area contributed by atoms with E-state index in [2.05, 4.69) is 53.8 Å². The van der Waals surface area contributed by atoms with Gasteiger partial charge in [-0.05, 0) is 43.1 Å². The van der Waals surface area contributed by atoms with Gasteiger partial charge in [0.15, 0.2) is 0 Å².